The average molecular weight is 588 g/mol. The summed E-state index contributed by atoms with van der Waals surface area (Å²) < 4.78 is 7.17. The zero-order chi connectivity index (χ0) is 28.8. The summed E-state index contributed by atoms with van der Waals surface area (Å²) in [7, 11) is 0. The third kappa shape index (κ3) is 3.54. The van der Waals surface area contributed by atoms with Crippen molar-refractivity contribution in [2.45, 2.75) is 13.8 Å². The Morgan fingerprint density at radius 1 is 0.488 bits per heavy atom. The molecule has 0 aliphatic heterocycles. The zero-order valence-corrected chi connectivity index (χ0v) is 25.3. The summed E-state index contributed by atoms with van der Waals surface area (Å²) in [5.41, 5.74) is 8.46. The van der Waals surface area contributed by atoms with Gasteiger partial charge in [-0.1, -0.05) is 66.7 Å². The monoisotopic (exact) mass is 587 g/mol. The first-order valence-corrected chi connectivity index (χ1v) is 16.1. The van der Waals surface area contributed by atoms with Crippen LogP contribution in [0.3, 0.4) is 0 Å². The van der Waals surface area contributed by atoms with Crippen molar-refractivity contribution in [3.8, 4) is 16.8 Å². The van der Waals surface area contributed by atoms with Gasteiger partial charge in [0.05, 0.1) is 11.0 Å². The summed E-state index contributed by atoms with van der Waals surface area (Å²) in [4.78, 5) is 13.4. The van der Waals surface area contributed by atoms with Crippen LogP contribution in [0.1, 0.15) is 11.1 Å². The van der Waals surface area contributed by atoms with Crippen LogP contribution in [0.2, 0.25) is 0 Å². The van der Waals surface area contributed by atoms with E-state index in [0.717, 1.165) is 37.0 Å². The van der Waals surface area contributed by atoms with E-state index < -0.39 is 0 Å². The van der Waals surface area contributed by atoms with Crippen molar-refractivity contribution in [2.24, 2.45) is 0 Å². The molecule has 0 amide bonds. The van der Waals surface area contributed by atoms with Crippen LogP contribution < -0.4 is 5.43 Å². The largest absolute Gasteiger partial charge is 0.309 e. The Labute approximate surface area is 255 Å². The van der Waals surface area contributed by atoms with Crippen molar-refractivity contribution in [1.82, 2.24) is 4.57 Å². The molecule has 0 unspecified atom stereocenters. The van der Waals surface area contributed by atoms with Crippen LogP contribution in [0.15, 0.2) is 120 Å². The number of nitrogens with zero attached hydrogens (tertiary/aromatic N) is 1. The van der Waals surface area contributed by atoms with Crippen LogP contribution in [0.5, 0.6) is 0 Å². The summed E-state index contributed by atoms with van der Waals surface area (Å²) in [6, 6.07) is 40.8. The van der Waals surface area contributed by atoms with Crippen molar-refractivity contribution in [3.63, 3.8) is 0 Å². The molecule has 0 aliphatic rings. The van der Waals surface area contributed by atoms with E-state index in [1.165, 1.54) is 53.1 Å². The fourth-order valence-corrected chi connectivity index (χ4v) is 9.13. The molecule has 0 bridgehead atoms. The molecule has 0 radical (unpaired) electrons. The Kier molecular flexibility index (Phi) is 5.25. The second-order valence-electron chi connectivity index (χ2n) is 11.4. The first kappa shape index (κ1) is 24.8. The van der Waals surface area contributed by atoms with Crippen LogP contribution in [-0.4, -0.2) is 4.57 Å². The first-order chi connectivity index (χ1) is 21.1. The van der Waals surface area contributed by atoms with Crippen LogP contribution in [0.4, 0.5) is 0 Å². The lowest BCUT2D eigenvalue weighted by Gasteiger charge is -2.12. The van der Waals surface area contributed by atoms with E-state index >= 15 is 0 Å². The van der Waals surface area contributed by atoms with Crippen molar-refractivity contribution in [2.75, 3.05) is 0 Å². The molecule has 0 saturated heterocycles. The standard InChI is InChI=1S/C39H25NOS2/c1-22-8-7-11-29-36-35-27-9-3-5-12-31(27)43-34(35)20-23(2)38(36)40(37(22)29)26-17-14-24(15-18-26)25-16-19-33-30(21-25)39(41)28-10-4-6-13-32(28)42-33/h3-21H,1-2H3. The van der Waals surface area contributed by atoms with Gasteiger partial charge in [-0.15, -0.1) is 22.7 Å². The molecule has 0 spiro atoms. The fraction of sp³-hybridized carbons (Fsp3) is 0.0513. The number of hydrogen-bond acceptors (Lipinski definition) is 3. The number of aromatic nitrogens is 1. The van der Waals surface area contributed by atoms with Crippen molar-refractivity contribution in [1.29, 1.82) is 0 Å². The maximum Gasteiger partial charge on any atom is 0.195 e. The predicted octanol–water partition coefficient (Wildman–Crippen LogP) is 11.2. The maximum absolute atomic E-state index is 13.4. The second kappa shape index (κ2) is 9.11. The normalized spacial score (nSPS) is 12.0. The Bertz CT molecular complexity index is 2650. The molecule has 0 aliphatic carbocycles. The highest BCUT2D eigenvalue weighted by Crippen LogP contribution is 2.45. The van der Waals surface area contributed by atoms with E-state index in [4.69, 9.17) is 0 Å². The lowest BCUT2D eigenvalue weighted by atomic mass is 10.0. The molecule has 9 aromatic rings. The van der Waals surface area contributed by atoms with E-state index in [9.17, 15) is 4.79 Å². The zero-order valence-electron chi connectivity index (χ0n) is 23.6. The van der Waals surface area contributed by atoms with Gasteiger partial charge in [0.2, 0.25) is 0 Å². The number of hydrogen-bond donors (Lipinski definition) is 0. The van der Waals surface area contributed by atoms with Crippen LogP contribution in [0.25, 0.3) is 79.0 Å². The quantitative estimate of drug-likeness (QED) is 0.184. The fourth-order valence-electron chi connectivity index (χ4n) is 6.87. The molecule has 3 heterocycles. The third-order valence-corrected chi connectivity index (χ3v) is 11.1. The lowest BCUT2D eigenvalue weighted by molar-refractivity contribution is 1.16. The molecule has 2 nitrogen and oxygen atoms in total. The molecule has 9 rings (SSSR count). The van der Waals surface area contributed by atoms with Crippen molar-refractivity contribution >= 4 is 84.8 Å². The number of benzene rings is 6. The molecule has 204 valence electrons. The molecule has 6 aromatic carbocycles. The highest BCUT2D eigenvalue weighted by Gasteiger charge is 2.21. The Hall–Kier alpha value is -4.77. The van der Waals surface area contributed by atoms with Gasteiger partial charge in [-0.05, 0) is 84.6 Å². The van der Waals surface area contributed by atoms with E-state index in [1.54, 1.807) is 11.3 Å². The summed E-state index contributed by atoms with van der Waals surface area (Å²) in [5.74, 6) is 0. The number of fused-ring (bicyclic) bond motifs is 9. The van der Waals surface area contributed by atoms with E-state index in [0.29, 0.717) is 0 Å². The van der Waals surface area contributed by atoms with Gasteiger partial charge in [0, 0.05) is 56.8 Å². The molecule has 0 saturated carbocycles. The Morgan fingerprint density at radius 3 is 1.95 bits per heavy atom. The molecule has 0 fully saturated rings. The predicted molar refractivity (Wildman–Crippen MR) is 188 cm³/mol. The SMILES string of the molecule is Cc1cccc2c3c4c(cc(C)c3n(-c3ccc(-c5ccc6sc7ccccc7c(=O)c6c5)cc3)c12)sc1ccccc14. The number of para-hydroxylation sites is 1. The minimum Gasteiger partial charge on any atom is -0.309 e. The van der Waals surface area contributed by atoms with Crippen molar-refractivity contribution in [3.05, 3.63) is 137 Å². The first-order valence-electron chi connectivity index (χ1n) is 14.5. The van der Waals surface area contributed by atoms with Gasteiger partial charge in [-0.3, -0.25) is 4.79 Å². The minimum absolute atomic E-state index is 0.103. The highest BCUT2D eigenvalue weighted by atomic mass is 32.1. The van der Waals surface area contributed by atoms with Gasteiger partial charge in [0.25, 0.3) is 0 Å². The number of aryl methyl sites for hydroxylation is 2. The summed E-state index contributed by atoms with van der Waals surface area (Å²) in [5, 5.41) is 6.88. The van der Waals surface area contributed by atoms with Crippen LogP contribution >= 0.6 is 22.7 Å². The van der Waals surface area contributed by atoms with Gasteiger partial charge < -0.3 is 4.57 Å². The molecule has 43 heavy (non-hydrogen) atoms. The smallest absolute Gasteiger partial charge is 0.195 e. The van der Waals surface area contributed by atoms with Crippen molar-refractivity contribution < 1.29 is 0 Å². The van der Waals surface area contributed by atoms with Gasteiger partial charge in [0.15, 0.2) is 5.43 Å². The molecular formula is C39H25NOS2. The molecule has 0 atom stereocenters. The minimum atomic E-state index is 0.103. The van der Waals surface area contributed by atoms with Gasteiger partial charge in [-0.2, -0.15) is 0 Å². The van der Waals surface area contributed by atoms with E-state index in [-0.39, 0.29) is 5.43 Å². The second-order valence-corrected chi connectivity index (χ2v) is 13.5. The summed E-state index contributed by atoms with van der Waals surface area (Å²) in [6.07, 6.45) is 0. The van der Waals surface area contributed by atoms with E-state index in [1.807, 2.05) is 35.6 Å². The Balaban J connectivity index is 1.27. The number of thiophene rings is 1. The number of rotatable bonds is 2. The van der Waals surface area contributed by atoms with Crippen LogP contribution in [-0.2, 0) is 0 Å². The molecule has 0 N–H and O–H groups in total. The van der Waals surface area contributed by atoms with Gasteiger partial charge in [-0.25, -0.2) is 0 Å². The summed E-state index contributed by atoms with van der Waals surface area (Å²) in [6.45, 7) is 4.45. The van der Waals surface area contributed by atoms with Gasteiger partial charge in [0.1, 0.15) is 0 Å². The topological polar surface area (TPSA) is 22.0 Å². The lowest BCUT2D eigenvalue weighted by Crippen LogP contribution is -2.00. The third-order valence-electron chi connectivity index (χ3n) is 8.82. The Morgan fingerprint density at radius 2 is 1.14 bits per heavy atom. The highest BCUT2D eigenvalue weighted by molar-refractivity contribution is 7.26. The van der Waals surface area contributed by atoms with E-state index in [2.05, 4.69) is 109 Å². The van der Waals surface area contributed by atoms with Crippen LogP contribution in [0, 0.1) is 13.8 Å². The molecule has 4 heteroatoms. The average Bonchev–Trinajstić information content (AvgIpc) is 3.58. The maximum atomic E-state index is 13.4. The summed E-state index contributed by atoms with van der Waals surface area (Å²) >= 11 is 3.55. The molecule has 3 aromatic heterocycles. The molecular weight excluding hydrogens is 563 g/mol. The van der Waals surface area contributed by atoms with Gasteiger partial charge >= 0.3 is 0 Å².